The van der Waals surface area contributed by atoms with Gasteiger partial charge in [0, 0.05) is 29.9 Å². The lowest BCUT2D eigenvalue weighted by Crippen LogP contribution is -2.35. The molecule has 124 valence electrons. The molecule has 0 aliphatic rings. The number of hydrogen-bond donors (Lipinski definition) is 2. The zero-order valence-electron chi connectivity index (χ0n) is 12.6. The highest BCUT2D eigenvalue weighted by Gasteiger charge is 1.96. The summed E-state index contributed by atoms with van der Waals surface area (Å²) in [4.78, 5) is 8.48. The summed E-state index contributed by atoms with van der Waals surface area (Å²) in [6, 6.07) is 13.1. The van der Waals surface area contributed by atoms with Crippen LogP contribution in [0, 0.1) is 0 Å². The van der Waals surface area contributed by atoms with Crippen LogP contribution in [0.15, 0.2) is 53.7 Å². The summed E-state index contributed by atoms with van der Waals surface area (Å²) in [6.07, 6.45) is 2.54. The maximum atomic E-state index is 5.88. The lowest BCUT2D eigenvalue weighted by atomic mass is 10.3. The van der Waals surface area contributed by atoms with Crippen molar-refractivity contribution < 1.29 is 4.74 Å². The molecule has 0 atom stereocenters. The molecular formula is C16H20ClIN4O. The summed E-state index contributed by atoms with van der Waals surface area (Å²) < 4.78 is 5.54. The lowest BCUT2D eigenvalue weighted by molar-refractivity contribution is 0.322. The van der Waals surface area contributed by atoms with Crippen LogP contribution in [-0.4, -0.2) is 30.6 Å². The molecule has 0 spiro atoms. The smallest absolute Gasteiger partial charge is 0.188 e. The van der Waals surface area contributed by atoms with Crippen LogP contribution in [0.25, 0.3) is 0 Å². The maximum absolute atomic E-state index is 5.88. The van der Waals surface area contributed by atoms with Gasteiger partial charge in [-0.1, -0.05) is 23.7 Å². The highest BCUT2D eigenvalue weighted by Crippen LogP contribution is 2.16. The van der Waals surface area contributed by atoms with Gasteiger partial charge in [0.1, 0.15) is 12.4 Å². The Hall–Kier alpha value is -1.54. The average Bonchev–Trinajstić information content (AvgIpc) is 2.53. The van der Waals surface area contributed by atoms with Gasteiger partial charge < -0.3 is 15.8 Å². The predicted octanol–water partition coefficient (Wildman–Crippen LogP) is 2.88. The first-order valence-corrected chi connectivity index (χ1v) is 7.44. The number of hydrogen-bond acceptors (Lipinski definition) is 3. The van der Waals surface area contributed by atoms with Crippen LogP contribution < -0.4 is 15.8 Å². The van der Waals surface area contributed by atoms with E-state index in [0.29, 0.717) is 30.7 Å². The number of rotatable bonds is 7. The monoisotopic (exact) mass is 446 g/mol. The molecule has 23 heavy (non-hydrogen) atoms. The van der Waals surface area contributed by atoms with Crippen molar-refractivity contribution in [2.45, 2.75) is 6.42 Å². The van der Waals surface area contributed by atoms with E-state index in [2.05, 4.69) is 15.3 Å². The molecule has 2 aromatic rings. The molecule has 1 aromatic heterocycles. The topological polar surface area (TPSA) is 72.5 Å². The minimum absolute atomic E-state index is 0. The molecule has 0 fully saturated rings. The van der Waals surface area contributed by atoms with Crippen molar-refractivity contribution in [3.8, 4) is 5.75 Å². The number of aliphatic imine (C=N–C) groups is 1. The van der Waals surface area contributed by atoms with E-state index >= 15 is 0 Å². The van der Waals surface area contributed by atoms with E-state index in [1.165, 1.54) is 0 Å². The third-order valence-electron chi connectivity index (χ3n) is 2.85. The Labute approximate surface area is 158 Å². The van der Waals surface area contributed by atoms with E-state index in [0.717, 1.165) is 17.9 Å². The summed E-state index contributed by atoms with van der Waals surface area (Å²) in [5, 5.41) is 3.66. The van der Waals surface area contributed by atoms with E-state index in [1.807, 2.05) is 30.3 Å². The second-order valence-corrected chi connectivity index (χ2v) is 5.01. The van der Waals surface area contributed by atoms with Crippen molar-refractivity contribution in [2.75, 3.05) is 19.7 Å². The van der Waals surface area contributed by atoms with Crippen LogP contribution in [0.1, 0.15) is 5.69 Å². The summed E-state index contributed by atoms with van der Waals surface area (Å²) >= 11 is 5.88. The van der Waals surface area contributed by atoms with Gasteiger partial charge in [0.05, 0.1) is 6.54 Å². The number of nitrogens with one attached hydrogen (secondary N) is 1. The SMILES string of the molecule is I.NC(=NCCc1ccccn1)NCCOc1cccc(Cl)c1. The molecule has 0 saturated heterocycles. The molecule has 0 aliphatic carbocycles. The standard InChI is InChI=1S/C16H19ClN4O.HI/c17-13-4-3-6-15(12-13)22-11-10-21-16(18)20-9-7-14-5-1-2-8-19-14;/h1-6,8,12H,7,9-11H2,(H3,18,20,21);1H. The second kappa shape index (κ2) is 11.1. The number of halogens is 2. The fraction of sp³-hybridized carbons (Fsp3) is 0.250. The minimum Gasteiger partial charge on any atom is -0.492 e. The maximum Gasteiger partial charge on any atom is 0.188 e. The molecule has 0 amide bonds. The van der Waals surface area contributed by atoms with Crippen molar-refractivity contribution in [1.82, 2.24) is 10.3 Å². The van der Waals surface area contributed by atoms with E-state index in [9.17, 15) is 0 Å². The van der Waals surface area contributed by atoms with E-state index in [-0.39, 0.29) is 24.0 Å². The second-order valence-electron chi connectivity index (χ2n) is 4.57. The number of aromatic nitrogens is 1. The molecule has 0 bridgehead atoms. The summed E-state index contributed by atoms with van der Waals surface area (Å²) in [7, 11) is 0. The summed E-state index contributed by atoms with van der Waals surface area (Å²) in [5.74, 6) is 1.14. The molecule has 1 aromatic carbocycles. The van der Waals surface area contributed by atoms with Gasteiger partial charge in [0.25, 0.3) is 0 Å². The molecule has 0 aliphatic heterocycles. The lowest BCUT2D eigenvalue weighted by Gasteiger charge is -2.08. The fourth-order valence-electron chi connectivity index (χ4n) is 1.80. The molecule has 0 unspecified atom stereocenters. The zero-order valence-corrected chi connectivity index (χ0v) is 15.7. The Bertz CT molecular complexity index is 610. The van der Waals surface area contributed by atoms with Crippen molar-refractivity contribution in [1.29, 1.82) is 0 Å². The van der Waals surface area contributed by atoms with Gasteiger partial charge >= 0.3 is 0 Å². The molecular weight excluding hydrogens is 427 g/mol. The van der Waals surface area contributed by atoms with Gasteiger partial charge in [-0.25, -0.2) is 0 Å². The highest BCUT2D eigenvalue weighted by molar-refractivity contribution is 14.0. The fourth-order valence-corrected chi connectivity index (χ4v) is 1.98. The summed E-state index contributed by atoms with van der Waals surface area (Å²) in [5.41, 5.74) is 6.79. The first-order valence-electron chi connectivity index (χ1n) is 7.06. The van der Waals surface area contributed by atoms with Crippen molar-refractivity contribution in [3.05, 3.63) is 59.4 Å². The number of nitrogens with zero attached hydrogens (tertiary/aromatic N) is 2. The molecule has 3 N–H and O–H groups in total. The number of guanidine groups is 1. The zero-order chi connectivity index (χ0) is 15.6. The Kier molecular flexibility index (Phi) is 9.39. The normalized spacial score (nSPS) is 10.7. The van der Waals surface area contributed by atoms with Crippen LogP contribution >= 0.6 is 35.6 Å². The van der Waals surface area contributed by atoms with Crippen LogP contribution in [0.4, 0.5) is 0 Å². The molecule has 0 radical (unpaired) electrons. The van der Waals surface area contributed by atoms with Gasteiger partial charge in [-0.3, -0.25) is 9.98 Å². The first-order chi connectivity index (χ1) is 10.7. The van der Waals surface area contributed by atoms with Crippen LogP contribution in [0.5, 0.6) is 5.75 Å². The Morgan fingerprint density at radius 1 is 1.26 bits per heavy atom. The number of benzene rings is 1. The van der Waals surface area contributed by atoms with Crippen molar-refractivity contribution >= 4 is 41.5 Å². The molecule has 5 nitrogen and oxygen atoms in total. The average molecular weight is 447 g/mol. The predicted molar refractivity (Wildman–Crippen MR) is 105 cm³/mol. The summed E-state index contributed by atoms with van der Waals surface area (Å²) in [6.45, 7) is 1.66. The van der Waals surface area contributed by atoms with Gasteiger partial charge in [-0.05, 0) is 30.3 Å². The molecule has 1 heterocycles. The van der Waals surface area contributed by atoms with Gasteiger partial charge in [-0.2, -0.15) is 0 Å². The van der Waals surface area contributed by atoms with Crippen molar-refractivity contribution in [3.63, 3.8) is 0 Å². The largest absolute Gasteiger partial charge is 0.492 e. The first kappa shape index (κ1) is 19.5. The molecule has 2 rings (SSSR count). The van der Waals surface area contributed by atoms with Gasteiger partial charge in [0.15, 0.2) is 5.96 Å². The Morgan fingerprint density at radius 3 is 2.87 bits per heavy atom. The molecule has 0 saturated carbocycles. The number of ether oxygens (including phenoxy) is 1. The quantitative estimate of drug-likeness (QED) is 0.297. The van der Waals surface area contributed by atoms with Crippen molar-refractivity contribution in [2.24, 2.45) is 10.7 Å². The Morgan fingerprint density at radius 2 is 2.13 bits per heavy atom. The van der Waals surface area contributed by atoms with Crippen LogP contribution in [-0.2, 0) is 6.42 Å². The van der Waals surface area contributed by atoms with Crippen LogP contribution in [0.3, 0.4) is 0 Å². The number of pyridine rings is 1. The minimum atomic E-state index is 0. The van der Waals surface area contributed by atoms with E-state index < -0.39 is 0 Å². The van der Waals surface area contributed by atoms with E-state index in [4.69, 9.17) is 22.1 Å². The van der Waals surface area contributed by atoms with Crippen LogP contribution in [0.2, 0.25) is 5.02 Å². The van der Waals surface area contributed by atoms with Gasteiger partial charge in [-0.15, -0.1) is 24.0 Å². The Balaban J connectivity index is 0.00000264. The third-order valence-corrected chi connectivity index (χ3v) is 3.08. The third kappa shape index (κ3) is 8.03. The number of nitrogens with two attached hydrogens (primary N) is 1. The molecule has 7 heteroatoms. The highest BCUT2D eigenvalue weighted by atomic mass is 127. The van der Waals surface area contributed by atoms with E-state index in [1.54, 1.807) is 18.3 Å². The van der Waals surface area contributed by atoms with Gasteiger partial charge in [0.2, 0.25) is 0 Å².